The van der Waals surface area contributed by atoms with Crippen molar-refractivity contribution < 1.29 is 19.1 Å². The lowest BCUT2D eigenvalue weighted by atomic mass is 9.96. The summed E-state index contributed by atoms with van der Waals surface area (Å²) < 4.78 is 10.5. The molecule has 0 spiro atoms. The highest BCUT2D eigenvalue weighted by molar-refractivity contribution is 5.89. The van der Waals surface area contributed by atoms with E-state index in [0.717, 1.165) is 27.8 Å². The maximum atomic E-state index is 11.7. The molecule has 156 valence electrons. The van der Waals surface area contributed by atoms with Crippen LogP contribution in [0.25, 0.3) is 28.3 Å². The summed E-state index contributed by atoms with van der Waals surface area (Å²) in [6.45, 7) is 10.9. The first-order valence-electron chi connectivity index (χ1n) is 9.96. The Morgan fingerprint density at radius 2 is 1.29 bits per heavy atom. The van der Waals surface area contributed by atoms with Crippen molar-refractivity contribution in [2.45, 2.75) is 20.3 Å². The van der Waals surface area contributed by atoms with Crippen molar-refractivity contribution in [1.82, 2.24) is 0 Å². The van der Waals surface area contributed by atoms with Crippen LogP contribution in [0.4, 0.5) is 0 Å². The van der Waals surface area contributed by atoms with Crippen LogP contribution in [0.5, 0.6) is 11.5 Å². The second-order valence-electron chi connectivity index (χ2n) is 7.09. The Labute approximate surface area is 182 Å². The largest absolute Gasteiger partial charge is 0.427 e. The van der Waals surface area contributed by atoms with E-state index in [0.29, 0.717) is 23.5 Å². The average Bonchev–Trinajstić information content (AvgIpc) is 2.79. The quantitative estimate of drug-likeness (QED) is 0.254. The predicted octanol–water partition coefficient (Wildman–Crippen LogP) is 6.46. The SMILES string of the molecule is C=Cc1cc(-c2ccc(OC(=O)CC)cc2)cc(-c2ccc(OC(=O)C(=C)C)cc2)c1. The number of ether oxygens (including phenoxy) is 2. The number of rotatable bonds is 7. The Bertz CT molecular complexity index is 1120. The summed E-state index contributed by atoms with van der Waals surface area (Å²) in [6, 6.07) is 20.9. The van der Waals surface area contributed by atoms with Gasteiger partial charge in [-0.3, -0.25) is 4.79 Å². The van der Waals surface area contributed by atoms with Gasteiger partial charge in [-0.05, 0) is 77.2 Å². The van der Waals surface area contributed by atoms with Crippen LogP contribution in [-0.2, 0) is 9.59 Å². The maximum Gasteiger partial charge on any atom is 0.338 e. The highest BCUT2D eigenvalue weighted by Crippen LogP contribution is 2.31. The monoisotopic (exact) mass is 412 g/mol. The molecule has 0 saturated carbocycles. The zero-order valence-electron chi connectivity index (χ0n) is 17.7. The first-order chi connectivity index (χ1) is 14.9. The third-order valence-electron chi connectivity index (χ3n) is 4.65. The number of esters is 2. The highest BCUT2D eigenvalue weighted by atomic mass is 16.5. The van der Waals surface area contributed by atoms with Gasteiger partial charge in [-0.25, -0.2) is 4.79 Å². The van der Waals surface area contributed by atoms with Crippen LogP contribution < -0.4 is 9.47 Å². The summed E-state index contributed by atoms with van der Waals surface area (Å²) in [7, 11) is 0. The Hall–Kier alpha value is -3.92. The highest BCUT2D eigenvalue weighted by Gasteiger charge is 2.08. The second-order valence-corrected chi connectivity index (χ2v) is 7.09. The fourth-order valence-electron chi connectivity index (χ4n) is 2.93. The van der Waals surface area contributed by atoms with Crippen LogP contribution in [0.2, 0.25) is 0 Å². The minimum Gasteiger partial charge on any atom is -0.427 e. The molecule has 0 saturated heterocycles. The molecule has 3 aromatic carbocycles. The second kappa shape index (κ2) is 9.72. The van der Waals surface area contributed by atoms with Crippen LogP contribution in [0.3, 0.4) is 0 Å². The van der Waals surface area contributed by atoms with Gasteiger partial charge in [-0.2, -0.15) is 0 Å². The normalized spacial score (nSPS) is 10.3. The van der Waals surface area contributed by atoms with Crippen molar-refractivity contribution in [2.24, 2.45) is 0 Å². The minimum absolute atomic E-state index is 0.263. The average molecular weight is 412 g/mol. The van der Waals surface area contributed by atoms with Gasteiger partial charge in [0.2, 0.25) is 0 Å². The fourth-order valence-corrected chi connectivity index (χ4v) is 2.93. The number of benzene rings is 3. The van der Waals surface area contributed by atoms with Crippen molar-refractivity contribution in [3.63, 3.8) is 0 Å². The molecule has 0 unspecified atom stereocenters. The third-order valence-corrected chi connectivity index (χ3v) is 4.65. The molecule has 4 nitrogen and oxygen atoms in total. The van der Waals surface area contributed by atoms with E-state index in [1.54, 1.807) is 44.2 Å². The van der Waals surface area contributed by atoms with Crippen LogP contribution >= 0.6 is 0 Å². The molecule has 0 fully saturated rings. The van der Waals surface area contributed by atoms with Crippen molar-refractivity contribution >= 4 is 18.0 Å². The van der Waals surface area contributed by atoms with E-state index in [1.807, 2.05) is 36.4 Å². The molecule has 0 heterocycles. The Morgan fingerprint density at radius 1 is 0.806 bits per heavy atom. The van der Waals surface area contributed by atoms with Gasteiger partial charge in [-0.1, -0.05) is 50.4 Å². The number of carbonyl (C=O) groups excluding carboxylic acids is 2. The molecule has 31 heavy (non-hydrogen) atoms. The van der Waals surface area contributed by atoms with Gasteiger partial charge >= 0.3 is 11.9 Å². The maximum absolute atomic E-state index is 11.7. The van der Waals surface area contributed by atoms with E-state index in [4.69, 9.17) is 9.47 Å². The molecule has 3 rings (SSSR count). The first-order valence-corrected chi connectivity index (χ1v) is 9.96. The summed E-state index contributed by atoms with van der Waals surface area (Å²) in [5.41, 5.74) is 5.32. The van der Waals surface area contributed by atoms with Gasteiger partial charge < -0.3 is 9.47 Å². The van der Waals surface area contributed by atoms with Crippen molar-refractivity contribution in [3.05, 3.63) is 91.0 Å². The predicted molar refractivity (Wildman–Crippen MR) is 124 cm³/mol. The number of carbonyl (C=O) groups is 2. The molecule has 4 heteroatoms. The molecule has 0 aliphatic rings. The Balaban J connectivity index is 1.89. The topological polar surface area (TPSA) is 52.6 Å². The molecule has 3 aromatic rings. The Kier molecular flexibility index (Phi) is 6.83. The molecule has 0 radical (unpaired) electrons. The molecular weight excluding hydrogens is 388 g/mol. The lowest BCUT2D eigenvalue weighted by Crippen LogP contribution is -2.07. The van der Waals surface area contributed by atoms with Crippen molar-refractivity contribution in [1.29, 1.82) is 0 Å². The number of hydrogen-bond donors (Lipinski definition) is 0. The van der Waals surface area contributed by atoms with Crippen LogP contribution in [0.15, 0.2) is 85.5 Å². The first kappa shape index (κ1) is 21.8. The summed E-state index contributed by atoms with van der Waals surface area (Å²) in [6.07, 6.45) is 2.13. The molecule has 0 N–H and O–H groups in total. The minimum atomic E-state index is -0.447. The van der Waals surface area contributed by atoms with E-state index >= 15 is 0 Å². The van der Waals surface area contributed by atoms with Gasteiger partial charge in [0.1, 0.15) is 11.5 Å². The van der Waals surface area contributed by atoms with Gasteiger partial charge in [0.05, 0.1) is 0 Å². The summed E-state index contributed by atoms with van der Waals surface area (Å²) in [4.78, 5) is 23.2. The molecule has 0 atom stereocenters. The lowest BCUT2D eigenvalue weighted by Gasteiger charge is -2.10. The molecular formula is C27H24O4. The van der Waals surface area contributed by atoms with E-state index in [-0.39, 0.29) is 5.97 Å². The molecule has 0 aliphatic carbocycles. The van der Waals surface area contributed by atoms with E-state index < -0.39 is 5.97 Å². The molecule has 0 amide bonds. The van der Waals surface area contributed by atoms with Gasteiger partial charge in [-0.15, -0.1) is 0 Å². The third kappa shape index (κ3) is 5.58. The molecule has 0 aromatic heterocycles. The van der Waals surface area contributed by atoms with Crippen LogP contribution in [0, 0.1) is 0 Å². The zero-order chi connectivity index (χ0) is 22.4. The summed E-state index contributed by atoms with van der Waals surface area (Å²) in [5, 5.41) is 0. The van der Waals surface area contributed by atoms with E-state index in [9.17, 15) is 9.59 Å². The smallest absolute Gasteiger partial charge is 0.338 e. The summed E-state index contributed by atoms with van der Waals surface area (Å²) in [5.74, 6) is 0.280. The van der Waals surface area contributed by atoms with Crippen LogP contribution in [-0.4, -0.2) is 11.9 Å². The van der Waals surface area contributed by atoms with Gasteiger partial charge in [0, 0.05) is 12.0 Å². The van der Waals surface area contributed by atoms with E-state index in [2.05, 4.69) is 19.2 Å². The van der Waals surface area contributed by atoms with Gasteiger partial charge in [0.25, 0.3) is 0 Å². The fraction of sp³-hybridized carbons (Fsp3) is 0.111. The molecule has 0 bridgehead atoms. The standard InChI is InChI=1S/C27H24O4/c1-5-19-15-22(20-7-11-24(12-8-20)30-26(28)6-2)17-23(16-19)21-9-13-25(14-10-21)31-27(29)18(3)4/h5,7-17H,1,3,6H2,2,4H3. The van der Waals surface area contributed by atoms with Gasteiger partial charge in [0.15, 0.2) is 0 Å². The lowest BCUT2D eigenvalue weighted by molar-refractivity contribution is -0.134. The number of hydrogen-bond acceptors (Lipinski definition) is 4. The van der Waals surface area contributed by atoms with E-state index in [1.165, 1.54) is 0 Å². The zero-order valence-corrected chi connectivity index (χ0v) is 17.7. The van der Waals surface area contributed by atoms with Crippen molar-refractivity contribution in [2.75, 3.05) is 0 Å². The van der Waals surface area contributed by atoms with Crippen molar-refractivity contribution in [3.8, 4) is 33.8 Å². The summed E-state index contributed by atoms with van der Waals surface area (Å²) >= 11 is 0. The Morgan fingerprint density at radius 3 is 1.71 bits per heavy atom. The van der Waals surface area contributed by atoms with Crippen LogP contribution in [0.1, 0.15) is 25.8 Å². The molecule has 0 aliphatic heterocycles.